The number of hydrogen-bond acceptors (Lipinski definition) is 3. The van der Waals surface area contributed by atoms with Crippen molar-refractivity contribution in [1.82, 2.24) is 0 Å². The molecule has 1 heterocycles. The smallest absolute Gasteiger partial charge is 0.305 e. The lowest BCUT2D eigenvalue weighted by atomic mass is 10.1. The second-order valence-corrected chi connectivity index (χ2v) is 4.08. The third kappa shape index (κ3) is 2.10. The summed E-state index contributed by atoms with van der Waals surface area (Å²) in [5.74, 6) is -0.747. The summed E-state index contributed by atoms with van der Waals surface area (Å²) in [5.41, 5.74) is 2.19. The summed E-state index contributed by atoms with van der Waals surface area (Å²) in [5, 5.41) is 12.1. The lowest BCUT2D eigenvalue weighted by Crippen LogP contribution is -2.41. The highest BCUT2D eigenvalue weighted by Gasteiger charge is 2.22. The Morgan fingerprint density at radius 2 is 2.31 bits per heavy atom. The van der Waals surface area contributed by atoms with Crippen molar-refractivity contribution >= 4 is 17.3 Å². The Labute approximate surface area is 94.9 Å². The topological polar surface area (TPSA) is 52.6 Å². The molecule has 1 aliphatic rings. The van der Waals surface area contributed by atoms with Crippen molar-refractivity contribution in [3.05, 3.63) is 24.3 Å². The summed E-state index contributed by atoms with van der Waals surface area (Å²) in [4.78, 5) is 12.9. The maximum atomic E-state index is 10.7. The van der Waals surface area contributed by atoms with Gasteiger partial charge in [-0.1, -0.05) is 12.1 Å². The van der Waals surface area contributed by atoms with Crippen molar-refractivity contribution < 1.29 is 9.90 Å². The highest BCUT2D eigenvalue weighted by atomic mass is 16.4. The molecular weight excluding hydrogens is 204 g/mol. The van der Waals surface area contributed by atoms with Crippen LogP contribution in [0, 0.1) is 0 Å². The number of carboxylic acids is 1. The molecule has 16 heavy (non-hydrogen) atoms. The van der Waals surface area contributed by atoms with Crippen molar-refractivity contribution in [3.8, 4) is 0 Å². The van der Waals surface area contributed by atoms with Gasteiger partial charge in [0.25, 0.3) is 0 Å². The van der Waals surface area contributed by atoms with Crippen molar-refractivity contribution in [2.24, 2.45) is 0 Å². The Kier molecular flexibility index (Phi) is 2.99. The van der Waals surface area contributed by atoms with E-state index in [1.165, 1.54) is 0 Å². The third-order valence-electron chi connectivity index (χ3n) is 2.88. The van der Waals surface area contributed by atoms with E-state index in [0.29, 0.717) is 0 Å². The van der Waals surface area contributed by atoms with Gasteiger partial charge in [0.05, 0.1) is 17.8 Å². The molecule has 2 N–H and O–H groups in total. The van der Waals surface area contributed by atoms with Crippen molar-refractivity contribution in [1.29, 1.82) is 0 Å². The first kappa shape index (κ1) is 10.8. The number of benzene rings is 1. The Morgan fingerprint density at radius 3 is 3.06 bits per heavy atom. The van der Waals surface area contributed by atoms with E-state index in [9.17, 15) is 4.79 Å². The Morgan fingerprint density at radius 1 is 1.56 bits per heavy atom. The summed E-state index contributed by atoms with van der Waals surface area (Å²) < 4.78 is 0. The molecule has 0 amide bonds. The minimum atomic E-state index is -0.747. The Hall–Kier alpha value is -1.71. The van der Waals surface area contributed by atoms with E-state index in [4.69, 9.17) is 5.11 Å². The van der Waals surface area contributed by atoms with Crippen LogP contribution in [0.5, 0.6) is 0 Å². The van der Waals surface area contributed by atoms with Gasteiger partial charge in [0.1, 0.15) is 0 Å². The lowest BCUT2D eigenvalue weighted by molar-refractivity contribution is -0.137. The van der Waals surface area contributed by atoms with Crippen LogP contribution >= 0.6 is 0 Å². The molecule has 1 aliphatic heterocycles. The molecule has 4 nitrogen and oxygen atoms in total. The van der Waals surface area contributed by atoms with E-state index in [2.05, 4.69) is 10.2 Å². The predicted octanol–water partition coefficient (Wildman–Crippen LogP) is 1.78. The van der Waals surface area contributed by atoms with Gasteiger partial charge in [-0.3, -0.25) is 4.79 Å². The molecular formula is C12H16N2O2. The zero-order valence-electron chi connectivity index (χ0n) is 9.31. The van der Waals surface area contributed by atoms with Gasteiger partial charge in [-0.2, -0.15) is 0 Å². The monoisotopic (exact) mass is 220 g/mol. The second-order valence-electron chi connectivity index (χ2n) is 4.08. The number of rotatable bonds is 3. The standard InChI is InChI=1S/C12H16N2O2/c1-9(8-12(15)16)14-7-6-13-10-4-2-3-5-11(10)14/h2-5,9,13H,6-8H2,1H3,(H,15,16). The molecule has 0 saturated heterocycles. The molecule has 86 valence electrons. The van der Waals surface area contributed by atoms with Gasteiger partial charge in [0, 0.05) is 19.1 Å². The van der Waals surface area contributed by atoms with Crippen molar-refractivity contribution in [2.75, 3.05) is 23.3 Å². The normalized spacial score (nSPS) is 16.2. The van der Waals surface area contributed by atoms with E-state index >= 15 is 0 Å². The number of hydrogen-bond donors (Lipinski definition) is 2. The summed E-state index contributed by atoms with van der Waals surface area (Å²) >= 11 is 0. The molecule has 1 atom stereocenters. The van der Waals surface area contributed by atoms with Crippen LogP contribution in [0.25, 0.3) is 0 Å². The molecule has 0 aliphatic carbocycles. The molecule has 0 saturated carbocycles. The molecule has 1 aromatic rings. The van der Waals surface area contributed by atoms with Crippen molar-refractivity contribution in [2.45, 2.75) is 19.4 Å². The van der Waals surface area contributed by atoms with Crippen LogP contribution < -0.4 is 10.2 Å². The van der Waals surface area contributed by atoms with Crippen LogP contribution in [0.1, 0.15) is 13.3 Å². The Balaban J connectivity index is 2.21. The van der Waals surface area contributed by atoms with E-state index in [1.807, 2.05) is 31.2 Å². The highest BCUT2D eigenvalue weighted by Crippen LogP contribution is 2.30. The maximum absolute atomic E-state index is 10.7. The first-order valence-electron chi connectivity index (χ1n) is 5.50. The van der Waals surface area contributed by atoms with E-state index in [1.54, 1.807) is 0 Å². The van der Waals surface area contributed by atoms with Gasteiger partial charge in [0.15, 0.2) is 0 Å². The molecule has 2 rings (SSSR count). The van der Waals surface area contributed by atoms with E-state index in [0.717, 1.165) is 24.5 Å². The van der Waals surface area contributed by atoms with Crippen LogP contribution in [-0.4, -0.2) is 30.2 Å². The van der Waals surface area contributed by atoms with Gasteiger partial charge in [-0.25, -0.2) is 0 Å². The highest BCUT2D eigenvalue weighted by molar-refractivity contribution is 5.74. The summed E-state index contributed by atoms with van der Waals surface area (Å²) in [6.45, 7) is 3.67. The van der Waals surface area contributed by atoms with Crippen LogP contribution in [0.2, 0.25) is 0 Å². The summed E-state index contributed by atoms with van der Waals surface area (Å²) in [6, 6.07) is 8.04. The van der Waals surface area contributed by atoms with Gasteiger partial charge in [0.2, 0.25) is 0 Å². The fourth-order valence-corrected chi connectivity index (χ4v) is 2.13. The number of para-hydroxylation sites is 2. The van der Waals surface area contributed by atoms with Gasteiger partial charge >= 0.3 is 5.97 Å². The van der Waals surface area contributed by atoms with Crippen LogP contribution in [0.3, 0.4) is 0 Å². The largest absolute Gasteiger partial charge is 0.481 e. The average molecular weight is 220 g/mol. The molecule has 1 unspecified atom stereocenters. The van der Waals surface area contributed by atoms with Crippen LogP contribution in [-0.2, 0) is 4.79 Å². The molecule has 0 aromatic heterocycles. The lowest BCUT2D eigenvalue weighted by Gasteiger charge is -2.36. The zero-order valence-corrected chi connectivity index (χ0v) is 9.31. The van der Waals surface area contributed by atoms with Crippen LogP contribution in [0.4, 0.5) is 11.4 Å². The molecule has 0 radical (unpaired) electrons. The summed E-state index contributed by atoms with van der Waals surface area (Å²) in [7, 11) is 0. The van der Waals surface area contributed by atoms with Crippen molar-refractivity contribution in [3.63, 3.8) is 0 Å². The molecule has 0 fully saturated rings. The molecule has 1 aromatic carbocycles. The summed E-state index contributed by atoms with van der Waals surface area (Å²) in [6.07, 6.45) is 0.175. The Bertz CT molecular complexity index is 392. The fourth-order valence-electron chi connectivity index (χ4n) is 2.13. The number of aliphatic carboxylic acids is 1. The van der Waals surface area contributed by atoms with Crippen LogP contribution in [0.15, 0.2) is 24.3 Å². The van der Waals surface area contributed by atoms with Gasteiger partial charge in [-0.15, -0.1) is 0 Å². The number of carbonyl (C=O) groups is 1. The number of nitrogens with zero attached hydrogens (tertiary/aromatic N) is 1. The fraction of sp³-hybridized carbons (Fsp3) is 0.417. The number of nitrogens with one attached hydrogen (secondary N) is 1. The number of carboxylic acid groups (broad SMARTS) is 1. The third-order valence-corrected chi connectivity index (χ3v) is 2.88. The minimum absolute atomic E-state index is 0.0285. The quantitative estimate of drug-likeness (QED) is 0.815. The van der Waals surface area contributed by atoms with Gasteiger partial charge in [-0.05, 0) is 19.1 Å². The number of anilines is 2. The van der Waals surface area contributed by atoms with E-state index in [-0.39, 0.29) is 12.5 Å². The predicted molar refractivity (Wildman–Crippen MR) is 64.0 cm³/mol. The second kappa shape index (κ2) is 4.43. The molecule has 4 heteroatoms. The van der Waals surface area contributed by atoms with Gasteiger partial charge < -0.3 is 15.3 Å². The minimum Gasteiger partial charge on any atom is -0.481 e. The average Bonchev–Trinajstić information content (AvgIpc) is 2.27. The first-order chi connectivity index (χ1) is 7.68. The molecule has 0 spiro atoms. The number of fused-ring (bicyclic) bond motifs is 1. The zero-order chi connectivity index (χ0) is 11.5. The first-order valence-corrected chi connectivity index (χ1v) is 5.50. The molecule has 0 bridgehead atoms. The van der Waals surface area contributed by atoms with E-state index < -0.39 is 5.97 Å². The SMILES string of the molecule is CC(CC(=O)O)N1CCNc2ccccc21. The maximum Gasteiger partial charge on any atom is 0.305 e.